The van der Waals surface area contributed by atoms with Gasteiger partial charge in [-0.1, -0.05) is 6.07 Å². The number of nitrogens with two attached hydrogens (primary N) is 1. The number of hydrazine groups is 1. The third kappa shape index (κ3) is 5.27. The molecule has 0 radical (unpaired) electrons. The minimum atomic E-state index is -2.97. The zero-order valence-electron chi connectivity index (χ0n) is 8.64. The molecule has 0 aliphatic rings. The first kappa shape index (κ1) is 12.6. The molecule has 6 heteroatoms. The van der Waals surface area contributed by atoms with Gasteiger partial charge in [0.1, 0.15) is 9.84 Å². The van der Waals surface area contributed by atoms with Crippen LogP contribution in [0.15, 0.2) is 17.5 Å². The maximum Gasteiger partial charge on any atom is 0.149 e. The molecule has 0 spiro atoms. The fraction of sp³-hybridized carbons (Fsp3) is 0.556. The van der Waals surface area contributed by atoms with E-state index in [0.29, 0.717) is 0 Å². The standard InChI is InChI=1S/C9H16N2O2S2/c1-15(12,13)7-8(11-10)4-5-9-3-2-6-14-9/h2-3,6,8,11H,4-5,7,10H2,1H3. The first-order valence-corrected chi connectivity index (χ1v) is 7.61. The van der Waals surface area contributed by atoms with Gasteiger partial charge in [-0.25, -0.2) is 8.42 Å². The Labute approximate surface area is 94.4 Å². The van der Waals surface area contributed by atoms with Crippen LogP contribution in [0.25, 0.3) is 0 Å². The summed E-state index contributed by atoms with van der Waals surface area (Å²) in [7, 11) is -2.97. The fourth-order valence-electron chi connectivity index (χ4n) is 1.35. The predicted molar refractivity (Wildman–Crippen MR) is 63.5 cm³/mol. The first-order valence-electron chi connectivity index (χ1n) is 4.67. The lowest BCUT2D eigenvalue weighted by Crippen LogP contribution is -2.40. The minimum absolute atomic E-state index is 0.0921. The van der Waals surface area contributed by atoms with Crippen molar-refractivity contribution in [2.24, 2.45) is 5.84 Å². The first-order chi connectivity index (χ1) is 7.01. The van der Waals surface area contributed by atoms with Crippen LogP contribution >= 0.6 is 11.3 Å². The summed E-state index contributed by atoms with van der Waals surface area (Å²) in [4.78, 5) is 1.25. The topological polar surface area (TPSA) is 72.2 Å². The summed E-state index contributed by atoms with van der Waals surface area (Å²) in [5.74, 6) is 5.40. The Hall–Kier alpha value is -0.430. The quantitative estimate of drug-likeness (QED) is 0.570. The van der Waals surface area contributed by atoms with Gasteiger partial charge in [0.2, 0.25) is 0 Å². The van der Waals surface area contributed by atoms with E-state index in [1.807, 2.05) is 17.5 Å². The lowest BCUT2D eigenvalue weighted by Gasteiger charge is -2.13. The van der Waals surface area contributed by atoms with Crippen LogP contribution in [0.1, 0.15) is 11.3 Å². The summed E-state index contributed by atoms with van der Waals surface area (Å²) >= 11 is 1.68. The second kappa shape index (κ2) is 5.60. The Kier molecular flexibility index (Phi) is 4.72. The van der Waals surface area contributed by atoms with Crippen LogP contribution in [0.5, 0.6) is 0 Å². The van der Waals surface area contributed by atoms with Crippen molar-refractivity contribution in [3.05, 3.63) is 22.4 Å². The Morgan fingerprint density at radius 2 is 2.33 bits per heavy atom. The highest BCUT2D eigenvalue weighted by molar-refractivity contribution is 7.90. The second-order valence-electron chi connectivity index (χ2n) is 3.57. The normalized spacial score (nSPS) is 14.0. The van der Waals surface area contributed by atoms with Crippen molar-refractivity contribution < 1.29 is 8.42 Å². The summed E-state index contributed by atoms with van der Waals surface area (Å²) in [6.07, 6.45) is 2.83. The van der Waals surface area contributed by atoms with Gasteiger partial charge in [-0.2, -0.15) is 0 Å². The second-order valence-corrected chi connectivity index (χ2v) is 6.79. The molecule has 1 aromatic rings. The van der Waals surface area contributed by atoms with Crippen LogP contribution in [0.2, 0.25) is 0 Å². The number of nitrogens with one attached hydrogen (secondary N) is 1. The molecule has 0 amide bonds. The molecule has 1 heterocycles. The van der Waals surface area contributed by atoms with Gasteiger partial charge < -0.3 is 0 Å². The Morgan fingerprint density at radius 1 is 1.60 bits per heavy atom. The third-order valence-electron chi connectivity index (χ3n) is 2.06. The largest absolute Gasteiger partial charge is 0.271 e. The van der Waals surface area contributed by atoms with Crippen molar-refractivity contribution in [3.8, 4) is 0 Å². The third-order valence-corrected chi connectivity index (χ3v) is 4.00. The van der Waals surface area contributed by atoms with E-state index in [0.717, 1.165) is 12.8 Å². The van der Waals surface area contributed by atoms with Gasteiger partial charge in [0.05, 0.1) is 5.75 Å². The lowest BCUT2D eigenvalue weighted by molar-refractivity contribution is 0.521. The average Bonchev–Trinajstić information content (AvgIpc) is 2.62. The maximum atomic E-state index is 11.1. The molecular weight excluding hydrogens is 232 g/mol. The molecule has 3 N–H and O–H groups in total. The summed E-state index contributed by atoms with van der Waals surface area (Å²) in [5.41, 5.74) is 2.55. The van der Waals surface area contributed by atoms with Gasteiger partial charge in [-0.15, -0.1) is 11.3 Å². The number of aryl methyl sites for hydroxylation is 1. The van der Waals surface area contributed by atoms with Gasteiger partial charge in [-0.05, 0) is 24.3 Å². The average molecular weight is 248 g/mol. The molecule has 0 saturated heterocycles. The zero-order valence-corrected chi connectivity index (χ0v) is 10.3. The molecule has 1 atom stereocenters. The lowest BCUT2D eigenvalue weighted by atomic mass is 10.2. The van der Waals surface area contributed by atoms with Gasteiger partial charge >= 0.3 is 0 Å². The van der Waals surface area contributed by atoms with Gasteiger partial charge in [0.25, 0.3) is 0 Å². The van der Waals surface area contributed by atoms with E-state index >= 15 is 0 Å². The molecule has 15 heavy (non-hydrogen) atoms. The van der Waals surface area contributed by atoms with Gasteiger partial charge in [-0.3, -0.25) is 11.3 Å². The number of sulfone groups is 1. The number of hydrogen-bond donors (Lipinski definition) is 2. The van der Waals surface area contributed by atoms with Crippen molar-refractivity contribution in [2.75, 3.05) is 12.0 Å². The fourth-order valence-corrected chi connectivity index (χ4v) is 3.07. The highest BCUT2D eigenvalue weighted by atomic mass is 32.2. The smallest absolute Gasteiger partial charge is 0.149 e. The zero-order chi connectivity index (χ0) is 11.3. The molecule has 1 rings (SSSR count). The summed E-state index contributed by atoms with van der Waals surface area (Å²) in [6.45, 7) is 0. The van der Waals surface area contributed by atoms with Crippen LogP contribution in [-0.2, 0) is 16.3 Å². The monoisotopic (exact) mass is 248 g/mol. The Morgan fingerprint density at radius 3 is 2.80 bits per heavy atom. The van der Waals surface area contributed by atoms with E-state index in [1.54, 1.807) is 11.3 Å². The summed E-state index contributed by atoms with van der Waals surface area (Å²) in [5, 5.41) is 2.01. The molecule has 0 bridgehead atoms. The number of rotatable bonds is 6. The summed E-state index contributed by atoms with van der Waals surface area (Å²) in [6, 6.07) is 3.86. The molecule has 0 fully saturated rings. The van der Waals surface area contributed by atoms with Gasteiger partial charge in [0.15, 0.2) is 0 Å². The van der Waals surface area contributed by atoms with E-state index in [-0.39, 0.29) is 11.8 Å². The minimum Gasteiger partial charge on any atom is -0.271 e. The van der Waals surface area contributed by atoms with E-state index in [4.69, 9.17) is 5.84 Å². The van der Waals surface area contributed by atoms with Crippen LogP contribution in [0, 0.1) is 0 Å². The Bertz CT molecular complexity index is 373. The molecule has 0 saturated carbocycles. The molecule has 1 unspecified atom stereocenters. The number of thiophene rings is 1. The van der Waals surface area contributed by atoms with Crippen molar-refractivity contribution in [1.29, 1.82) is 0 Å². The molecule has 4 nitrogen and oxygen atoms in total. The number of hydrogen-bond acceptors (Lipinski definition) is 5. The Balaban J connectivity index is 2.41. The summed E-state index contributed by atoms with van der Waals surface area (Å²) < 4.78 is 22.1. The molecule has 0 aromatic carbocycles. The van der Waals surface area contributed by atoms with Crippen molar-refractivity contribution in [1.82, 2.24) is 5.43 Å². The van der Waals surface area contributed by atoms with E-state index in [2.05, 4.69) is 5.43 Å². The van der Waals surface area contributed by atoms with Crippen molar-refractivity contribution in [2.45, 2.75) is 18.9 Å². The SMILES string of the molecule is CS(=O)(=O)CC(CCc1cccs1)NN. The van der Waals surface area contributed by atoms with Crippen LogP contribution in [0.3, 0.4) is 0 Å². The molecule has 0 aliphatic carbocycles. The van der Waals surface area contributed by atoms with Crippen molar-refractivity contribution >= 4 is 21.2 Å². The van der Waals surface area contributed by atoms with Crippen LogP contribution in [-0.4, -0.2) is 26.5 Å². The molecular formula is C9H16N2O2S2. The highest BCUT2D eigenvalue weighted by Crippen LogP contribution is 2.12. The van der Waals surface area contributed by atoms with Crippen molar-refractivity contribution in [3.63, 3.8) is 0 Å². The van der Waals surface area contributed by atoms with Gasteiger partial charge in [0, 0.05) is 17.2 Å². The van der Waals surface area contributed by atoms with E-state index in [1.165, 1.54) is 11.1 Å². The van der Waals surface area contributed by atoms with E-state index < -0.39 is 9.84 Å². The maximum absolute atomic E-state index is 11.1. The molecule has 0 aliphatic heterocycles. The van der Waals surface area contributed by atoms with Crippen LogP contribution in [0.4, 0.5) is 0 Å². The van der Waals surface area contributed by atoms with E-state index in [9.17, 15) is 8.42 Å². The molecule has 86 valence electrons. The predicted octanol–water partition coefficient (Wildman–Crippen LogP) is 0.557. The highest BCUT2D eigenvalue weighted by Gasteiger charge is 2.13. The van der Waals surface area contributed by atoms with Crippen LogP contribution < -0.4 is 11.3 Å². The molecule has 1 aromatic heterocycles.